The minimum Gasteiger partial charge on any atom is -0.326 e. The highest BCUT2D eigenvalue weighted by atomic mass is 15.0. The molecule has 0 aliphatic carbocycles. The fraction of sp³-hybridized carbons (Fsp3) is 1.00. The van der Waals surface area contributed by atoms with Gasteiger partial charge in [-0.15, -0.1) is 0 Å². The van der Waals surface area contributed by atoms with E-state index in [4.69, 9.17) is 5.73 Å². The third-order valence-electron chi connectivity index (χ3n) is 2.09. The maximum Gasteiger partial charge on any atom is 0.0219 e. The third-order valence-corrected chi connectivity index (χ3v) is 2.09. The summed E-state index contributed by atoms with van der Waals surface area (Å²) >= 11 is 0. The maximum atomic E-state index is 5.82. The fourth-order valence-electron chi connectivity index (χ4n) is 1.36. The summed E-state index contributed by atoms with van der Waals surface area (Å²) in [6.45, 7) is 3.31. The fourth-order valence-corrected chi connectivity index (χ4v) is 1.36. The van der Waals surface area contributed by atoms with Crippen LogP contribution in [0.15, 0.2) is 0 Å². The van der Waals surface area contributed by atoms with Crippen molar-refractivity contribution in [1.82, 2.24) is 5.32 Å². The second-order valence-electron chi connectivity index (χ2n) is 2.77. The molecule has 0 saturated carbocycles. The molecule has 0 spiro atoms. The Kier molecular flexibility index (Phi) is 2.49. The summed E-state index contributed by atoms with van der Waals surface area (Å²) in [5, 5.41) is 3.38. The summed E-state index contributed by atoms with van der Waals surface area (Å²) in [7, 11) is 0. The first-order valence-electron chi connectivity index (χ1n) is 3.83. The van der Waals surface area contributed by atoms with E-state index in [1.807, 2.05) is 0 Å². The predicted molar refractivity (Wildman–Crippen MR) is 39.3 cm³/mol. The summed E-state index contributed by atoms with van der Waals surface area (Å²) < 4.78 is 0. The molecule has 54 valence electrons. The van der Waals surface area contributed by atoms with E-state index in [9.17, 15) is 0 Å². The predicted octanol–water partition coefficient (Wildman–Crippen LogP) is 0.476. The Hall–Kier alpha value is -0.0800. The van der Waals surface area contributed by atoms with Crippen LogP contribution < -0.4 is 11.1 Å². The highest BCUT2D eigenvalue weighted by molar-refractivity contribution is 4.82. The Balaban J connectivity index is 2.24. The van der Waals surface area contributed by atoms with Gasteiger partial charge in [-0.1, -0.05) is 6.92 Å². The molecule has 3 N–H and O–H groups in total. The third kappa shape index (κ3) is 1.66. The highest BCUT2D eigenvalue weighted by Gasteiger charge is 2.18. The van der Waals surface area contributed by atoms with Gasteiger partial charge in [0.15, 0.2) is 0 Å². The molecule has 0 bridgehead atoms. The van der Waals surface area contributed by atoms with Crippen molar-refractivity contribution in [2.24, 2.45) is 5.73 Å². The van der Waals surface area contributed by atoms with Crippen LogP contribution in [0.5, 0.6) is 0 Å². The summed E-state index contributed by atoms with van der Waals surface area (Å²) in [5.41, 5.74) is 5.82. The molecule has 1 aliphatic rings. The molecule has 0 aromatic carbocycles. The van der Waals surface area contributed by atoms with Gasteiger partial charge in [0.25, 0.3) is 0 Å². The Labute approximate surface area is 56.8 Å². The van der Waals surface area contributed by atoms with Gasteiger partial charge in [-0.3, -0.25) is 0 Å². The molecule has 1 rings (SSSR count). The van der Waals surface area contributed by atoms with Crippen molar-refractivity contribution in [3.05, 3.63) is 0 Å². The van der Waals surface area contributed by atoms with E-state index >= 15 is 0 Å². The van der Waals surface area contributed by atoms with Crippen LogP contribution in [-0.2, 0) is 0 Å². The van der Waals surface area contributed by atoms with Crippen LogP contribution in [-0.4, -0.2) is 18.6 Å². The summed E-state index contributed by atoms with van der Waals surface area (Å²) in [4.78, 5) is 0. The number of nitrogens with two attached hydrogens (primary N) is 1. The quantitative estimate of drug-likeness (QED) is 0.567. The van der Waals surface area contributed by atoms with Crippen LogP contribution >= 0.6 is 0 Å². The van der Waals surface area contributed by atoms with E-state index < -0.39 is 0 Å². The van der Waals surface area contributed by atoms with E-state index in [0.717, 1.165) is 6.42 Å². The van der Waals surface area contributed by atoms with E-state index in [-0.39, 0.29) is 0 Å². The highest BCUT2D eigenvalue weighted by Crippen LogP contribution is 2.08. The average molecular weight is 128 g/mol. The minimum atomic E-state index is 0.382. The minimum absolute atomic E-state index is 0.382. The molecule has 0 amide bonds. The molecule has 1 saturated heterocycles. The summed E-state index contributed by atoms with van der Waals surface area (Å²) in [6, 6.07) is 0.988. The molecule has 0 aromatic rings. The lowest BCUT2D eigenvalue weighted by atomic mass is 10.1. The molecule has 1 heterocycles. The first kappa shape index (κ1) is 7.03. The smallest absolute Gasteiger partial charge is 0.0219 e. The van der Waals surface area contributed by atoms with Gasteiger partial charge in [0.05, 0.1) is 0 Å². The van der Waals surface area contributed by atoms with Gasteiger partial charge >= 0.3 is 0 Å². The van der Waals surface area contributed by atoms with Crippen molar-refractivity contribution in [2.75, 3.05) is 6.54 Å². The largest absolute Gasteiger partial charge is 0.326 e. The Bertz CT molecular complexity index is 77.0. The molecule has 2 atom stereocenters. The van der Waals surface area contributed by atoms with E-state index in [0.29, 0.717) is 12.1 Å². The Morgan fingerprint density at radius 3 is 3.00 bits per heavy atom. The zero-order valence-electron chi connectivity index (χ0n) is 6.06. The zero-order chi connectivity index (χ0) is 6.69. The second-order valence-corrected chi connectivity index (χ2v) is 2.77. The van der Waals surface area contributed by atoms with Gasteiger partial charge in [-0.05, 0) is 25.8 Å². The van der Waals surface area contributed by atoms with Gasteiger partial charge in [-0.2, -0.15) is 0 Å². The normalized spacial score (nSPS) is 30.7. The monoisotopic (exact) mass is 128 g/mol. The second kappa shape index (κ2) is 3.18. The lowest BCUT2D eigenvalue weighted by molar-refractivity contribution is 0.473. The first-order chi connectivity index (χ1) is 4.34. The van der Waals surface area contributed by atoms with Gasteiger partial charge in [0, 0.05) is 12.1 Å². The van der Waals surface area contributed by atoms with Gasteiger partial charge in [-0.25, -0.2) is 0 Å². The van der Waals surface area contributed by atoms with E-state index in [1.54, 1.807) is 0 Å². The molecule has 1 aliphatic heterocycles. The summed E-state index contributed by atoms with van der Waals surface area (Å²) in [6.07, 6.45) is 3.67. The topological polar surface area (TPSA) is 38.0 Å². The van der Waals surface area contributed by atoms with Crippen LogP contribution in [0.3, 0.4) is 0 Å². The van der Waals surface area contributed by atoms with Crippen LogP contribution in [0, 0.1) is 0 Å². The average Bonchev–Trinajstić information content (AvgIpc) is 2.37. The standard InChI is InChI=1S/C7H16N2/c1-2-6(8)7-4-3-5-9-7/h6-7,9H,2-5,8H2,1H3. The first-order valence-corrected chi connectivity index (χ1v) is 3.83. The molecule has 2 nitrogen and oxygen atoms in total. The lowest BCUT2D eigenvalue weighted by Gasteiger charge is -2.16. The van der Waals surface area contributed by atoms with Crippen LogP contribution in [0.4, 0.5) is 0 Å². The SMILES string of the molecule is CCC(N)C1CCCN1. The number of rotatable bonds is 2. The van der Waals surface area contributed by atoms with E-state index in [1.165, 1.54) is 19.4 Å². The van der Waals surface area contributed by atoms with Crippen molar-refractivity contribution in [1.29, 1.82) is 0 Å². The molecular weight excluding hydrogens is 112 g/mol. The molecule has 9 heavy (non-hydrogen) atoms. The Morgan fingerprint density at radius 1 is 1.78 bits per heavy atom. The molecule has 0 radical (unpaired) electrons. The Morgan fingerprint density at radius 2 is 2.56 bits per heavy atom. The molecular formula is C7H16N2. The van der Waals surface area contributed by atoms with Crippen molar-refractivity contribution in [3.63, 3.8) is 0 Å². The molecule has 2 unspecified atom stereocenters. The zero-order valence-corrected chi connectivity index (χ0v) is 6.06. The van der Waals surface area contributed by atoms with Crippen molar-refractivity contribution < 1.29 is 0 Å². The number of nitrogens with one attached hydrogen (secondary N) is 1. The van der Waals surface area contributed by atoms with Crippen molar-refractivity contribution in [2.45, 2.75) is 38.3 Å². The van der Waals surface area contributed by atoms with Crippen LogP contribution in [0.2, 0.25) is 0 Å². The van der Waals surface area contributed by atoms with E-state index in [2.05, 4.69) is 12.2 Å². The number of hydrogen-bond acceptors (Lipinski definition) is 2. The lowest BCUT2D eigenvalue weighted by Crippen LogP contribution is -2.40. The molecule has 0 aromatic heterocycles. The number of hydrogen-bond donors (Lipinski definition) is 2. The van der Waals surface area contributed by atoms with Crippen molar-refractivity contribution in [3.8, 4) is 0 Å². The maximum absolute atomic E-state index is 5.82. The summed E-state index contributed by atoms with van der Waals surface area (Å²) in [5.74, 6) is 0. The van der Waals surface area contributed by atoms with Crippen LogP contribution in [0.1, 0.15) is 26.2 Å². The van der Waals surface area contributed by atoms with Crippen LogP contribution in [0.25, 0.3) is 0 Å². The molecule has 1 fully saturated rings. The van der Waals surface area contributed by atoms with Gasteiger partial charge in [0.1, 0.15) is 0 Å². The van der Waals surface area contributed by atoms with Gasteiger partial charge in [0.2, 0.25) is 0 Å². The van der Waals surface area contributed by atoms with Crippen molar-refractivity contribution >= 4 is 0 Å². The molecule has 2 heteroatoms. The van der Waals surface area contributed by atoms with Gasteiger partial charge < -0.3 is 11.1 Å².